The molecule has 17 heavy (non-hydrogen) atoms. The van der Waals surface area contributed by atoms with Crippen LogP contribution >= 0.6 is 11.3 Å². The predicted molar refractivity (Wildman–Crippen MR) is 73.4 cm³/mol. The van der Waals surface area contributed by atoms with Gasteiger partial charge in [-0.15, -0.1) is 11.3 Å². The second kappa shape index (κ2) is 5.80. The minimum Gasteiger partial charge on any atom is -0.355 e. The van der Waals surface area contributed by atoms with E-state index in [2.05, 4.69) is 46.6 Å². The zero-order chi connectivity index (χ0) is 12.1. The molecule has 0 aliphatic carbocycles. The van der Waals surface area contributed by atoms with E-state index < -0.39 is 0 Å². The molecule has 2 aromatic rings. The summed E-state index contributed by atoms with van der Waals surface area (Å²) in [7, 11) is 2.06. The molecule has 0 bridgehead atoms. The Bertz CT molecular complexity index is 436. The molecule has 0 aliphatic heterocycles. The van der Waals surface area contributed by atoms with Crippen molar-refractivity contribution in [3.05, 3.63) is 46.3 Å². The second-order valence-corrected chi connectivity index (χ2v) is 5.03. The Balaban J connectivity index is 2.01. The molecule has 2 N–H and O–H groups in total. The molecule has 0 fully saturated rings. The van der Waals surface area contributed by atoms with E-state index in [1.165, 1.54) is 10.4 Å². The first-order chi connectivity index (χ1) is 8.29. The van der Waals surface area contributed by atoms with Crippen molar-refractivity contribution in [3.63, 3.8) is 0 Å². The summed E-state index contributed by atoms with van der Waals surface area (Å²) in [4.78, 5) is 7.95. The van der Waals surface area contributed by atoms with Crippen LogP contribution in [0.5, 0.6) is 0 Å². The van der Waals surface area contributed by atoms with Crippen molar-refractivity contribution in [2.24, 2.45) is 5.73 Å². The topological polar surface area (TPSA) is 42.1 Å². The molecule has 0 spiro atoms. The summed E-state index contributed by atoms with van der Waals surface area (Å²) in [6, 6.07) is 8.37. The number of rotatable bonds is 5. The van der Waals surface area contributed by atoms with Crippen molar-refractivity contribution in [1.82, 2.24) is 4.98 Å². The van der Waals surface area contributed by atoms with Crippen molar-refractivity contribution in [1.29, 1.82) is 0 Å². The first-order valence-corrected chi connectivity index (χ1v) is 6.56. The number of hydrogen-bond acceptors (Lipinski definition) is 4. The van der Waals surface area contributed by atoms with Crippen LogP contribution in [0.3, 0.4) is 0 Å². The van der Waals surface area contributed by atoms with Gasteiger partial charge >= 0.3 is 0 Å². The summed E-state index contributed by atoms with van der Waals surface area (Å²) >= 11 is 1.77. The van der Waals surface area contributed by atoms with Crippen LogP contribution in [0.1, 0.15) is 10.4 Å². The lowest BCUT2D eigenvalue weighted by atomic mass is 10.2. The Morgan fingerprint density at radius 3 is 2.82 bits per heavy atom. The molecule has 0 saturated carbocycles. The molecule has 90 valence electrons. The van der Waals surface area contributed by atoms with Gasteiger partial charge in [-0.25, -0.2) is 4.98 Å². The highest BCUT2D eigenvalue weighted by Crippen LogP contribution is 2.16. The molecule has 0 aliphatic rings. The largest absolute Gasteiger partial charge is 0.355 e. The predicted octanol–water partition coefficient (Wildman–Crippen LogP) is 2.28. The average Bonchev–Trinajstić information content (AvgIpc) is 2.83. The SMILES string of the molecule is CN(Cc1cccs1)c1ccc(CCN)cn1. The van der Waals surface area contributed by atoms with Crippen molar-refractivity contribution in [2.75, 3.05) is 18.5 Å². The standard InChI is InChI=1S/C13H17N3S/c1-16(10-12-3-2-8-17-12)13-5-4-11(6-7-14)9-15-13/h2-5,8-9H,6-7,10,14H2,1H3. The van der Waals surface area contributed by atoms with E-state index in [0.29, 0.717) is 6.54 Å². The lowest BCUT2D eigenvalue weighted by molar-refractivity contribution is 0.901. The zero-order valence-corrected chi connectivity index (χ0v) is 10.8. The zero-order valence-electron chi connectivity index (χ0n) is 9.97. The normalized spacial score (nSPS) is 10.5. The minimum absolute atomic E-state index is 0.673. The second-order valence-electron chi connectivity index (χ2n) is 4.00. The molecule has 0 amide bonds. The lowest BCUT2D eigenvalue weighted by Gasteiger charge is -2.17. The van der Waals surface area contributed by atoms with Crippen LogP contribution in [0.15, 0.2) is 35.8 Å². The van der Waals surface area contributed by atoms with Crippen LogP contribution in [0.2, 0.25) is 0 Å². The van der Waals surface area contributed by atoms with Crippen molar-refractivity contribution < 1.29 is 0 Å². The molecule has 0 radical (unpaired) electrons. The quantitative estimate of drug-likeness (QED) is 0.881. The van der Waals surface area contributed by atoms with Crippen molar-refractivity contribution in [2.45, 2.75) is 13.0 Å². The van der Waals surface area contributed by atoms with Crippen LogP contribution < -0.4 is 10.6 Å². The van der Waals surface area contributed by atoms with Gasteiger partial charge < -0.3 is 10.6 Å². The van der Waals surface area contributed by atoms with Crippen LogP contribution in [-0.2, 0) is 13.0 Å². The number of hydrogen-bond donors (Lipinski definition) is 1. The fraction of sp³-hybridized carbons (Fsp3) is 0.308. The highest BCUT2D eigenvalue weighted by Gasteiger charge is 2.04. The highest BCUT2D eigenvalue weighted by atomic mass is 32.1. The molecule has 0 saturated heterocycles. The van der Waals surface area contributed by atoms with Gasteiger partial charge in [0.2, 0.25) is 0 Å². The summed E-state index contributed by atoms with van der Waals surface area (Å²) in [5, 5.41) is 2.10. The number of anilines is 1. The van der Waals surface area contributed by atoms with Gasteiger partial charge in [0.1, 0.15) is 5.82 Å². The van der Waals surface area contributed by atoms with E-state index in [9.17, 15) is 0 Å². The third-order valence-electron chi connectivity index (χ3n) is 2.61. The van der Waals surface area contributed by atoms with Gasteiger partial charge in [-0.3, -0.25) is 0 Å². The van der Waals surface area contributed by atoms with E-state index in [0.717, 1.165) is 18.8 Å². The third kappa shape index (κ3) is 3.28. The van der Waals surface area contributed by atoms with Gasteiger partial charge in [-0.05, 0) is 36.0 Å². The van der Waals surface area contributed by atoms with Crippen molar-refractivity contribution >= 4 is 17.2 Å². The van der Waals surface area contributed by atoms with Crippen LogP contribution in [0.4, 0.5) is 5.82 Å². The number of aromatic nitrogens is 1. The van der Waals surface area contributed by atoms with Crippen LogP contribution in [0, 0.1) is 0 Å². The smallest absolute Gasteiger partial charge is 0.128 e. The molecule has 4 heteroatoms. The Labute approximate surface area is 106 Å². The van der Waals surface area contributed by atoms with Crippen LogP contribution in [0.25, 0.3) is 0 Å². The number of nitrogens with zero attached hydrogens (tertiary/aromatic N) is 2. The van der Waals surface area contributed by atoms with Gasteiger partial charge in [0.05, 0.1) is 6.54 Å². The maximum atomic E-state index is 5.51. The Kier molecular flexibility index (Phi) is 4.12. The summed E-state index contributed by atoms with van der Waals surface area (Å²) in [5.74, 6) is 0.999. The fourth-order valence-electron chi connectivity index (χ4n) is 1.67. The maximum Gasteiger partial charge on any atom is 0.128 e. The molecular formula is C13H17N3S. The van der Waals surface area contributed by atoms with E-state index in [1.54, 1.807) is 11.3 Å². The number of nitrogens with two attached hydrogens (primary N) is 1. The van der Waals surface area contributed by atoms with E-state index in [4.69, 9.17) is 5.73 Å². The Hall–Kier alpha value is -1.39. The highest BCUT2D eigenvalue weighted by molar-refractivity contribution is 7.09. The summed E-state index contributed by atoms with van der Waals surface area (Å²) in [6.07, 6.45) is 2.80. The first kappa shape index (κ1) is 12.1. The monoisotopic (exact) mass is 247 g/mol. The first-order valence-electron chi connectivity index (χ1n) is 5.68. The molecule has 2 aromatic heterocycles. The van der Waals surface area contributed by atoms with E-state index in [-0.39, 0.29) is 0 Å². The Morgan fingerprint density at radius 2 is 2.24 bits per heavy atom. The summed E-state index contributed by atoms with van der Waals surface area (Å²) < 4.78 is 0. The molecule has 0 aromatic carbocycles. The molecule has 3 nitrogen and oxygen atoms in total. The number of thiophene rings is 1. The van der Waals surface area contributed by atoms with E-state index in [1.807, 2.05) is 6.20 Å². The molecule has 0 atom stereocenters. The van der Waals surface area contributed by atoms with Gasteiger partial charge in [0, 0.05) is 18.1 Å². The molecule has 0 unspecified atom stereocenters. The fourth-order valence-corrected chi connectivity index (χ4v) is 2.43. The summed E-state index contributed by atoms with van der Waals surface area (Å²) in [5.41, 5.74) is 6.71. The van der Waals surface area contributed by atoms with E-state index >= 15 is 0 Å². The van der Waals surface area contributed by atoms with Gasteiger partial charge in [-0.2, -0.15) is 0 Å². The lowest BCUT2D eigenvalue weighted by Crippen LogP contribution is -2.17. The third-order valence-corrected chi connectivity index (χ3v) is 3.47. The summed E-state index contributed by atoms with van der Waals surface area (Å²) in [6.45, 7) is 1.58. The van der Waals surface area contributed by atoms with Gasteiger partial charge in [0.25, 0.3) is 0 Å². The van der Waals surface area contributed by atoms with Gasteiger partial charge in [-0.1, -0.05) is 12.1 Å². The molecule has 2 heterocycles. The Morgan fingerprint density at radius 1 is 1.35 bits per heavy atom. The number of pyridine rings is 1. The molecule has 2 rings (SSSR count). The van der Waals surface area contributed by atoms with Gasteiger partial charge in [0.15, 0.2) is 0 Å². The minimum atomic E-state index is 0.673. The molecular weight excluding hydrogens is 230 g/mol. The maximum absolute atomic E-state index is 5.51. The van der Waals surface area contributed by atoms with Crippen molar-refractivity contribution in [3.8, 4) is 0 Å². The average molecular weight is 247 g/mol. The van der Waals surface area contributed by atoms with Crippen LogP contribution in [-0.4, -0.2) is 18.6 Å².